The molecule has 1 aromatic carbocycles. The van der Waals surface area contributed by atoms with Crippen molar-refractivity contribution in [2.45, 2.75) is 11.8 Å². The van der Waals surface area contributed by atoms with Gasteiger partial charge in [-0.2, -0.15) is 0 Å². The maximum absolute atomic E-state index is 11.6. The van der Waals surface area contributed by atoms with Gasteiger partial charge in [0, 0.05) is 18.7 Å². The van der Waals surface area contributed by atoms with E-state index in [1.54, 1.807) is 12.1 Å². The Morgan fingerprint density at radius 2 is 2.29 bits per heavy atom. The first-order valence-corrected chi connectivity index (χ1v) is 6.32. The van der Waals surface area contributed by atoms with Crippen molar-refractivity contribution in [1.82, 2.24) is 5.32 Å². The molecule has 1 rings (SSSR count). The molecule has 17 heavy (non-hydrogen) atoms. The first-order valence-electron chi connectivity index (χ1n) is 5.22. The highest BCUT2D eigenvalue weighted by Crippen LogP contribution is 2.08. The summed E-state index contributed by atoms with van der Waals surface area (Å²) in [6.45, 7) is 3.35. The Hall–Kier alpha value is -1.24. The van der Waals surface area contributed by atoms with Gasteiger partial charge in [0.05, 0.1) is 11.5 Å². The molecule has 6 heteroatoms. The van der Waals surface area contributed by atoms with Crippen LogP contribution in [0.4, 0.5) is 0 Å². The fourth-order valence-electron chi connectivity index (χ4n) is 1.23. The highest BCUT2D eigenvalue weighted by Gasteiger charge is 2.07. The van der Waals surface area contributed by atoms with Gasteiger partial charge in [0.1, 0.15) is 0 Å². The van der Waals surface area contributed by atoms with Crippen molar-refractivity contribution in [3.8, 4) is 0 Å². The lowest BCUT2D eigenvalue weighted by Gasteiger charge is -2.05. The first-order chi connectivity index (χ1) is 8.15. The summed E-state index contributed by atoms with van der Waals surface area (Å²) in [4.78, 5) is 11.8. The molecule has 0 saturated heterocycles. The van der Waals surface area contributed by atoms with E-state index in [2.05, 4.69) is 5.32 Å². The molecule has 0 saturated carbocycles. The summed E-state index contributed by atoms with van der Waals surface area (Å²) in [7, 11) is 0. The van der Waals surface area contributed by atoms with E-state index in [9.17, 15) is 9.00 Å². The second-order valence-electron chi connectivity index (χ2n) is 3.23. The number of hydrogen-bond donors (Lipinski definition) is 2. The molecule has 1 unspecified atom stereocenters. The van der Waals surface area contributed by atoms with Gasteiger partial charge in [-0.25, -0.2) is 4.21 Å². The largest absolute Gasteiger partial charge is 0.380 e. The summed E-state index contributed by atoms with van der Waals surface area (Å²) < 4.78 is 24.8. The highest BCUT2D eigenvalue weighted by molar-refractivity contribution is 7.79. The molecule has 0 aliphatic rings. The summed E-state index contributed by atoms with van der Waals surface area (Å²) >= 11 is -2.07. The molecule has 0 spiro atoms. The zero-order valence-corrected chi connectivity index (χ0v) is 10.3. The lowest BCUT2D eigenvalue weighted by molar-refractivity contribution is 0.0922. The molecule has 0 aliphatic heterocycles. The third-order valence-corrected chi connectivity index (χ3v) is 2.69. The third-order valence-electron chi connectivity index (χ3n) is 2.03. The molecular weight excluding hydrogens is 242 g/mol. The van der Waals surface area contributed by atoms with Crippen LogP contribution in [0.5, 0.6) is 0 Å². The first kappa shape index (κ1) is 13.8. The van der Waals surface area contributed by atoms with Crippen LogP contribution in [-0.4, -0.2) is 34.4 Å². The van der Waals surface area contributed by atoms with E-state index in [1.165, 1.54) is 12.1 Å². The average molecular weight is 257 g/mol. The molecule has 5 nitrogen and oxygen atoms in total. The predicted octanol–water partition coefficient (Wildman–Crippen LogP) is 1.03. The fourth-order valence-corrected chi connectivity index (χ4v) is 1.65. The SMILES string of the molecule is CCOCCNC(=O)c1cccc(S(=O)O)c1. The molecule has 0 radical (unpaired) electrons. The van der Waals surface area contributed by atoms with Gasteiger partial charge in [0.2, 0.25) is 0 Å². The number of nitrogens with one attached hydrogen (secondary N) is 1. The Kier molecular flexibility index (Phi) is 5.82. The lowest BCUT2D eigenvalue weighted by Crippen LogP contribution is -2.27. The molecule has 94 valence electrons. The van der Waals surface area contributed by atoms with Gasteiger partial charge >= 0.3 is 0 Å². The van der Waals surface area contributed by atoms with Gasteiger partial charge in [0.25, 0.3) is 5.91 Å². The summed E-state index contributed by atoms with van der Waals surface area (Å²) in [6, 6.07) is 6.05. The molecule has 2 N–H and O–H groups in total. The van der Waals surface area contributed by atoms with Crippen LogP contribution in [0.25, 0.3) is 0 Å². The minimum Gasteiger partial charge on any atom is -0.380 e. The maximum Gasteiger partial charge on any atom is 0.251 e. The molecular formula is C11H15NO4S. The van der Waals surface area contributed by atoms with Crippen LogP contribution < -0.4 is 5.32 Å². The molecule has 0 fully saturated rings. The minimum atomic E-state index is -2.07. The van der Waals surface area contributed by atoms with Gasteiger partial charge < -0.3 is 14.6 Å². The van der Waals surface area contributed by atoms with E-state index >= 15 is 0 Å². The van der Waals surface area contributed by atoms with Crippen LogP contribution in [-0.2, 0) is 15.8 Å². The van der Waals surface area contributed by atoms with Crippen molar-refractivity contribution in [3.05, 3.63) is 29.8 Å². The van der Waals surface area contributed by atoms with E-state index in [4.69, 9.17) is 9.29 Å². The monoisotopic (exact) mass is 257 g/mol. The van der Waals surface area contributed by atoms with Crippen molar-refractivity contribution in [2.24, 2.45) is 0 Å². The van der Waals surface area contributed by atoms with E-state index in [1.807, 2.05) is 6.92 Å². The molecule has 0 heterocycles. The van der Waals surface area contributed by atoms with E-state index in [-0.39, 0.29) is 10.8 Å². The van der Waals surface area contributed by atoms with Crippen LogP contribution in [0.15, 0.2) is 29.2 Å². The molecule has 1 atom stereocenters. The number of amides is 1. The molecule has 0 bridgehead atoms. The second-order valence-corrected chi connectivity index (χ2v) is 4.20. The fraction of sp³-hybridized carbons (Fsp3) is 0.364. The number of benzene rings is 1. The molecule has 1 aromatic rings. The van der Waals surface area contributed by atoms with Gasteiger partial charge in [-0.3, -0.25) is 4.79 Å². The Balaban J connectivity index is 2.56. The summed E-state index contributed by atoms with van der Waals surface area (Å²) in [5, 5.41) is 2.66. The van der Waals surface area contributed by atoms with E-state index in [0.29, 0.717) is 25.3 Å². The number of hydrogen-bond acceptors (Lipinski definition) is 3. The number of ether oxygens (including phenoxy) is 1. The van der Waals surface area contributed by atoms with Gasteiger partial charge in [0.15, 0.2) is 11.1 Å². The Labute approximate surface area is 102 Å². The lowest BCUT2D eigenvalue weighted by atomic mass is 10.2. The van der Waals surface area contributed by atoms with Crippen LogP contribution in [0.3, 0.4) is 0 Å². The van der Waals surface area contributed by atoms with Gasteiger partial charge in [-0.15, -0.1) is 0 Å². The third kappa shape index (κ3) is 4.64. The normalized spacial score (nSPS) is 12.1. The van der Waals surface area contributed by atoms with Crippen molar-refractivity contribution < 1.29 is 18.3 Å². The van der Waals surface area contributed by atoms with Crippen molar-refractivity contribution in [2.75, 3.05) is 19.8 Å². The quantitative estimate of drug-likeness (QED) is 0.589. The predicted molar refractivity (Wildman–Crippen MR) is 64.3 cm³/mol. The summed E-state index contributed by atoms with van der Waals surface area (Å²) in [6.07, 6.45) is 0. The molecule has 0 aliphatic carbocycles. The van der Waals surface area contributed by atoms with Crippen molar-refractivity contribution >= 4 is 17.0 Å². The number of rotatable bonds is 6. The standard InChI is InChI=1S/C11H15NO4S/c1-2-16-7-6-12-11(13)9-4-3-5-10(8-9)17(14)15/h3-5,8H,2,6-7H2,1H3,(H,12,13)(H,14,15). The second kappa shape index (κ2) is 7.16. The molecule has 0 aromatic heterocycles. The van der Waals surface area contributed by atoms with Crippen molar-refractivity contribution in [3.63, 3.8) is 0 Å². The zero-order valence-electron chi connectivity index (χ0n) is 9.51. The Morgan fingerprint density at radius 3 is 2.94 bits per heavy atom. The summed E-state index contributed by atoms with van der Waals surface area (Å²) in [5.41, 5.74) is 0.362. The van der Waals surface area contributed by atoms with Crippen LogP contribution in [0.2, 0.25) is 0 Å². The molecule has 1 amide bonds. The van der Waals surface area contributed by atoms with E-state index in [0.717, 1.165) is 0 Å². The van der Waals surface area contributed by atoms with E-state index < -0.39 is 11.1 Å². The van der Waals surface area contributed by atoms with Gasteiger partial charge in [-0.05, 0) is 25.1 Å². The Morgan fingerprint density at radius 1 is 1.53 bits per heavy atom. The topological polar surface area (TPSA) is 75.6 Å². The number of carbonyl (C=O) groups excluding carboxylic acids is 1. The number of carbonyl (C=O) groups is 1. The maximum atomic E-state index is 11.6. The summed E-state index contributed by atoms with van der Waals surface area (Å²) in [5.74, 6) is -0.281. The van der Waals surface area contributed by atoms with Crippen LogP contribution in [0, 0.1) is 0 Å². The average Bonchev–Trinajstić information content (AvgIpc) is 2.34. The minimum absolute atomic E-state index is 0.211. The highest BCUT2D eigenvalue weighted by atomic mass is 32.2. The van der Waals surface area contributed by atoms with Crippen molar-refractivity contribution in [1.29, 1.82) is 0 Å². The van der Waals surface area contributed by atoms with Gasteiger partial charge in [-0.1, -0.05) is 6.07 Å². The Bertz CT molecular complexity index is 408. The van der Waals surface area contributed by atoms with Crippen LogP contribution >= 0.6 is 0 Å². The zero-order chi connectivity index (χ0) is 12.7. The smallest absolute Gasteiger partial charge is 0.251 e. The van der Waals surface area contributed by atoms with Crippen LogP contribution in [0.1, 0.15) is 17.3 Å².